The number of para-hydroxylation sites is 3. The first kappa shape index (κ1) is 42.6. The molecule has 0 fully saturated rings. The molecule has 0 atom stereocenters. The van der Waals surface area contributed by atoms with Gasteiger partial charge >= 0.3 is 0 Å². The van der Waals surface area contributed by atoms with Crippen molar-refractivity contribution in [1.29, 1.82) is 0 Å². The lowest BCUT2D eigenvalue weighted by Crippen LogP contribution is -2.07. The van der Waals surface area contributed by atoms with E-state index in [-0.39, 0.29) is 0 Å². The average Bonchev–Trinajstić information content (AvgIpc) is 4.49. The van der Waals surface area contributed by atoms with Gasteiger partial charge in [0.2, 0.25) is 5.95 Å². The molecule has 0 radical (unpaired) electrons. The molecule has 0 aliphatic carbocycles. The number of furan rings is 1. The van der Waals surface area contributed by atoms with Gasteiger partial charge in [-0.15, -0.1) is 22.7 Å². The van der Waals surface area contributed by atoms with Gasteiger partial charge < -0.3 is 8.98 Å². The number of thiophene rings is 2. The number of rotatable bonds is 6. The fraction of sp³-hybridized carbons (Fsp3) is 0. The largest absolute Gasteiger partial charge is 0.456 e. The van der Waals surface area contributed by atoms with E-state index in [2.05, 4.69) is 221 Å². The van der Waals surface area contributed by atoms with Crippen LogP contribution in [0.15, 0.2) is 241 Å². The number of hydrogen-bond donors (Lipinski definition) is 0. The van der Waals surface area contributed by atoms with Crippen LogP contribution in [0.5, 0.6) is 0 Å². The molecular weight excluding hydrogens is 979 g/mol. The normalized spacial score (nSPS) is 12.2. The molecule has 0 aliphatic heterocycles. The van der Waals surface area contributed by atoms with Crippen molar-refractivity contribution in [3.63, 3.8) is 0 Å². The van der Waals surface area contributed by atoms with Gasteiger partial charge in [0.25, 0.3) is 0 Å². The Morgan fingerprint density at radius 1 is 0.325 bits per heavy atom. The van der Waals surface area contributed by atoms with Gasteiger partial charge in [0.05, 0.1) is 22.1 Å². The smallest absolute Gasteiger partial charge is 0.238 e. The Kier molecular flexibility index (Phi) is 9.07. The van der Waals surface area contributed by atoms with Crippen LogP contribution in [-0.2, 0) is 0 Å². The van der Waals surface area contributed by atoms with Crippen molar-refractivity contribution in [2.24, 2.45) is 0 Å². The van der Waals surface area contributed by atoms with Crippen LogP contribution in [0.3, 0.4) is 0 Å². The monoisotopic (exact) mass is 1020 g/mol. The van der Waals surface area contributed by atoms with E-state index in [1.807, 2.05) is 46.9 Å². The van der Waals surface area contributed by atoms with Gasteiger partial charge in [-0.05, 0) is 82.9 Å². The van der Waals surface area contributed by atoms with Crippen LogP contribution in [-0.4, -0.2) is 24.1 Å². The molecule has 6 nitrogen and oxygen atoms in total. The van der Waals surface area contributed by atoms with Crippen LogP contribution in [0.25, 0.3) is 163 Å². The molecule has 6 heterocycles. The number of hydrogen-bond acceptors (Lipinski definition) is 6. The van der Waals surface area contributed by atoms with Crippen molar-refractivity contribution in [3.05, 3.63) is 237 Å². The van der Waals surface area contributed by atoms with Crippen LogP contribution in [0.1, 0.15) is 0 Å². The Bertz CT molecular complexity index is 5290. The maximum Gasteiger partial charge on any atom is 0.238 e. The number of fused-ring (bicyclic) bond motifs is 16. The summed E-state index contributed by atoms with van der Waals surface area (Å²) in [4.78, 5) is 16.4. The lowest BCUT2D eigenvalue weighted by molar-refractivity contribution is 0.669. The van der Waals surface area contributed by atoms with E-state index in [9.17, 15) is 0 Å². The van der Waals surface area contributed by atoms with Crippen LogP contribution in [0, 0.1) is 0 Å². The van der Waals surface area contributed by atoms with Gasteiger partial charge in [-0.2, -0.15) is 9.97 Å². The van der Waals surface area contributed by atoms with Gasteiger partial charge in [-0.25, -0.2) is 4.98 Å². The van der Waals surface area contributed by atoms with Crippen molar-refractivity contribution in [3.8, 4) is 56.7 Å². The van der Waals surface area contributed by atoms with Gasteiger partial charge in [0.1, 0.15) is 11.2 Å². The van der Waals surface area contributed by atoms with E-state index in [0.717, 1.165) is 82.5 Å². The molecule has 0 saturated heterocycles. The Morgan fingerprint density at radius 2 is 0.922 bits per heavy atom. The van der Waals surface area contributed by atoms with E-state index >= 15 is 0 Å². The summed E-state index contributed by atoms with van der Waals surface area (Å²) in [7, 11) is 0. The fourth-order valence-electron chi connectivity index (χ4n) is 12.2. The Balaban J connectivity index is 0.881. The van der Waals surface area contributed by atoms with Crippen molar-refractivity contribution in [2.75, 3.05) is 0 Å². The zero-order valence-electron chi connectivity index (χ0n) is 41.0. The molecule has 17 aromatic rings. The summed E-state index contributed by atoms with van der Waals surface area (Å²) in [5.74, 6) is 1.67. The summed E-state index contributed by atoms with van der Waals surface area (Å²) in [6, 6.07) is 84.7. The van der Waals surface area contributed by atoms with Gasteiger partial charge in [-0.1, -0.05) is 176 Å². The molecule has 17 rings (SSSR count). The van der Waals surface area contributed by atoms with Crippen LogP contribution in [0.4, 0.5) is 0 Å². The maximum absolute atomic E-state index is 6.75. The molecule has 11 aromatic carbocycles. The Hall–Kier alpha value is -9.73. The van der Waals surface area contributed by atoms with Crippen molar-refractivity contribution < 1.29 is 4.42 Å². The SMILES string of the molecule is c1ccc(-c2nc(-c3cccc4oc5ccc(-c6cccc7sc8c(-c9ccc%10c(c9)sc9ccccc9%10)cccc8c67)cc5c34)nc(-n3c4ccccc4c4ccc5c6ccccc6n(-c6ccccc6)c5c43)n2)cc1. The number of nitrogens with zero attached hydrogens (tertiary/aromatic N) is 5. The predicted octanol–water partition coefficient (Wildman–Crippen LogP) is 19.4. The third-order valence-electron chi connectivity index (χ3n) is 15.6. The molecule has 0 spiro atoms. The van der Waals surface area contributed by atoms with E-state index < -0.39 is 0 Å². The standard InChI is InChI=1S/C69H39N5OS2/c1-3-16-40(17-4-1)67-70-68(72-69(71-67)74-56-28-11-8-21-47(56)51-36-35-50-46-20-7-10-27-55(46)73(64(50)65(51)74)43-18-5-2-6-19-43)53-26-14-29-58-62(53)54-38-41(33-37-57(54)75-58)44-23-15-31-60-63(44)52-25-13-24-45(66(52)77-60)42-32-34-49-48-22-9-12-30-59(48)76-61(49)39-42/h1-39H. The minimum atomic E-state index is 0.530. The first-order chi connectivity index (χ1) is 38.2. The Morgan fingerprint density at radius 3 is 1.75 bits per heavy atom. The van der Waals surface area contributed by atoms with Crippen LogP contribution >= 0.6 is 22.7 Å². The highest BCUT2D eigenvalue weighted by atomic mass is 32.1. The molecule has 358 valence electrons. The highest BCUT2D eigenvalue weighted by molar-refractivity contribution is 7.26. The van der Waals surface area contributed by atoms with Gasteiger partial charge in [0, 0.05) is 89.5 Å². The predicted molar refractivity (Wildman–Crippen MR) is 323 cm³/mol. The lowest BCUT2D eigenvalue weighted by atomic mass is 9.95. The third-order valence-corrected chi connectivity index (χ3v) is 17.9. The van der Waals surface area contributed by atoms with Gasteiger partial charge in [0.15, 0.2) is 11.6 Å². The van der Waals surface area contributed by atoms with E-state index in [1.54, 1.807) is 0 Å². The lowest BCUT2D eigenvalue weighted by Gasteiger charge is -2.13. The molecule has 77 heavy (non-hydrogen) atoms. The first-order valence-electron chi connectivity index (χ1n) is 25.8. The molecular formula is C69H39N5OS2. The van der Waals surface area contributed by atoms with Crippen molar-refractivity contribution in [2.45, 2.75) is 0 Å². The molecule has 8 heteroatoms. The summed E-state index contributed by atoms with van der Waals surface area (Å²) in [5.41, 5.74) is 13.4. The highest BCUT2D eigenvalue weighted by Gasteiger charge is 2.25. The maximum atomic E-state index is 6.75. The third kappa shape index (κ3) is 6.31. The summed E-state index contributed by atoms with van der Waals surface area (Å²) < 4.78 is 16.6. The number of aromatic nitrogens is 5. The fourth-order valence-corrected chi connectivity index (χ4v) is 14.7. The second-order valence-electron chi connectivity index (χ2n) is 19.8. The second kappa shape index (κ2) is 16.4. The molecule has 0 bridgehead atoms. The highest BCUT2D eigenvalue weighted by Crippen LogP contribution is 2.47. The molecule has 0 unspecified atom stereocenters. The summed E-state index contributed by atoms with van der Waals surface area (Å²) in [6.45, 7) is 0. The zero-order chi connectivity index (χ0) is 50.3. The summed E-state index contributed by atoms with van der Waals surface area (Å²) >= 11 is 3.74. The van der Waals surface area contributed by atoms with Crippen LogP contribution in [0.2, 0.25) is 0 Å². The zero-order valence-corrected chi connectivity index (χ0v) is 42.6. The van der Waals surface area contributed by atoms with E-state index in [4.69, 9.17) is 19.4 Å². The summed E-state index contributed by atoms with van der Waals surface area (Å²) in [6.07, 6.45) is 0. The number of benzene rings is 11. The van der Waals surface area contributed by atoms with Gasteiger partial charge in [-0.3, -0.25) is 4.57 Å². The molecule has 6 aromatic heterocycles. The van der Waals surface area contributed by atoms with Crippen molar-refractivity contribution in [1.82, 2.24) is 24.1 Å². The quantitative estimate of drug-likeness (QED) is 0.166. The average molecular weight is 1020 g/mol. The minimum absolute atomic E-state index is 0.530. The van der Waals surface area contributed by atoms with E-state index in [0.29, 0.717) is 17.6 Å². The van der Waals surface area contributed by atoms with Crippen LogP contribution < -0.4 is 0 Å². The molecule has 0 amide bonds. The molecule has 0 aliphatic rings. The van der Waals surface area contributed by atoms with Crippen molar-refractivity contribution >= 4 is 129 Å². The topological polar surface area (TPSA) is 61.7 Å². The van der Waals surface area contributed by atoms with E-state index in [1.165, 1.54) is 62.4 Å². The Labute approximate surface area is 447 Å². The summed E-state index contributed by atoms with van der Waals surface area (Å²) in [5, 5.41) is 11.7. The molecule has 0 saturated carbocycles. The molecule has 0 N–H and O–H groups in total. The first-order valence-corrected chi connectivity index (χ1v) is 27.5. The minimum Gasteiger partial charge on any atom is -0.456 e. The second-order valence-corrected chi connectivity index (χ2v) is 21.9.